The van der Waals surface area contributed by atoms with Crippen molar-refractivity contribution in [2.45, 2.75) is 69.4 Å². The molecule has 3 amide bonds. The first-order valence-electron chi connectivity index (χ1n) is 23.1. The Balaban J connectivity index is 0.820. The van der Waals surface area contributed by atoms with Gasteiger partial charge in [0.15, 0.2) is 11.5 Å². The molecule has 2 atom stereocenters. The average molecular weight is 959 g/mol. The van der Waals surface area contributed by atoms with Crippen molar-refractivity contribution in [3.05, 3.63) is 154 Å². The van der Waals surface area contributed by atoms with Crippen molar-refractivity contribution in [2.24, 2.45) is 9.98 Å². The summed E-state index contributed by atoms with van der Waals surface area (Å²) >= 11 is 0. The Morgan fingerprint density at radius 1 is 0.710 bits per heavy atom. The lowest BCUT2D eigenvalue weighted by molar-refractivity contribution is -0.121. The van der Waals surface area contributed by atoms with Crippen LogP contribution in [0.1, 0.15) is 67.8 Å². The van der Waals surface area contributed by atoms with Gasteiger partial charge in [0.1, 0.15) is 29.7 Å². The highest BCUT2D eigenvalue weighted by Gasteiger charge is 2.38. The number of amides is 3. The molecular formula is C54H50N6O7S2. The predicted molar refractivity (Wildman–Crippen MR) is 272 cm³/mol. The van der Waals surface area contributed by atoms with E-state index in [0.29, 0.717) is 84.3 Å². The monoisotopic (exact) mass is 958 g/mol. The number of aromatic nitrogens is 1. The van der Waals surface area contributed by atoms with E-state index in [4.69, 9.17) is 28.9 Å². The number of carbonyl (C=O) groups excluding carboxylic acids is 3. The lowest BCUT2D eigenvalue weighted by atomic mass is 10.1. The Labute approximate surface area is 408 Å². The topological polar surface area (TPSA) is 144 Å². The van der Waals surface area contributed by atoms with Gasteiger partial charge in [0, 0.05) is 73.7 Å². The van der Waals surface area contributed by atoms with Gasteiger partial charge in [-0.15, -0.1) is 0 Å². The van der Waals surface area contributed by atoms with Gasteiger partial charge in [0.05, 0.1) is 48.3 Å². The van der Waals surface area contributed by atoms with E-state index >= 15 is 0 Å². The second-order valence-electron chi connectivity index (χ2n) is 17.2. The highest BCUT2D eigenvalue weighted by atomic mass is 33.1. The van der Waals surface area contributed by atoms with Crippen LogP contribution in [0.25, 0.3) is 0 Å². The zero-order valence-electron chi connectivity index (χ0n) is 38.3. The van der Waals surface area contributed by atoms with Gasteiger partial charge in [0.25, 0.3) is 11.8 Å². The molecule has 15 heteroatoms. The molecule has 0 aliphatic carbocycles. The number of carbonyl (C=O) groups is 3. The van der Waals surface area contributed by atoms with Crippen LogP contribution in [0.4, 0.5) is 22.7 Å². The quantitative estimate of drug-likeness (QED) is 0.0653. The Bertz CT molecular complexity index is 2980. The number of hydrogen-bond acceptors (Lipinski definition) is 12. The Morgan fingerprint density at radius 2 is 1.33 bits per heavy atom. The zero-order valence-corrected chi connectivity index (χ0v) is 39.9. The second-order valence-corrected chi connectivity index (χ2v) is 19.6. The zero-order chi connectivity index (χ0) is 47.3. The number of ether oxygens (including phenoxy) is 4. The van der Waals surface area contributed by atoms with E-state index in [0.717, 1.165) is 56.4 Å². The SMILES string of the molecule is COc1cc2c(cc1OCc1cc(COc3cc4c(cc3C)C(=O)N3c5ccccc5C[C@H]3C=N4)cc(OCCCCC(=O)NCCSSc3ccccn3)c1)N=C[C@@H]1Cc3ccccc3N1C2=O. The highest BCUT2D eigenvalue weighted by Crippen LogP contribution is 2.42. The van der Waals surface area contributed by atoms with Crippen LogP contribution >= 0.6 is 21.6 Å². The average Bonchev–Trinajstić information content (AvgIpc) is 3.86. The van der Waals surface area contributed by atoms with Crippen molar-refractivity contribution in [2.75, 3.05) is 35.8 Å². The number of anilines is 2. The minimum atomic E-state index is -0.184. The smallest absolute Gasteiger partial charge is 0.261 e. The van der Waals surface area contributed by atoms with E-state index in [2.05, 4.69) is 16.4 Å². The standard InChI is InChI=1S/C54H50N6O7S2/c1-34-21-42-44(57-30-39-25-37-11-3-5-13-46(37)59(39)53(42)62)28-48(34)66-32-35-22-36(24-41(23-35)65-19-10-8-15-51(61)55-18-20-68-69-52-16-7-9-17-56-52)33-67-50-29-45-43(27-49(50)64-2)54(63)60-40(31-58-45)26-38-12-4-6-14-47(38)60/h3-7,9,11-14,16-17,21-24,27-31,39-40H,8,10,15,18-20,25-26,32-33H2,1-2H3,(H,55,61)/t39-,40-/m0/s1. The minimum Gasteiger partial charge on any atom is -0.494 e. The van der Waals surface area contributed by atoms with Crippen molar-refractivity contribution in [3.8, 4) is 23.0 Å². The molecule has 350 valence electrons. The van der Waals surface area contributed by atoms with Gasteiger partial charge in [-0.2, -0.15) is 0 Å². The van der Waals surface area contributed by atoms with Crippen LogP contribution < -0.4 is 34.1 Å². The van der Waals surface area contributed by atoms with E-state index < -0.39 is 0 Å². The van der Waals surface area contributed by atoms with Crippen LogP contribution in [0.15, 0.2) is 130 Å². The van der Waals surface area contributed by atoms with E-state index in [1.807, 2.05) is 120 Å². The number of aliphatic imine (C=N–C) groups is 2. The van der Waals surface area contributed by atoms with Crippen LogP contribution in [0.3, 0.4) is 0 Å². The molecule has 0 bridgehead atoms. The number of benzene rings is 5. The van der Waals surface area contributed by atoms with Crippen LogP contribution in [0, 0.1) is 6.92 Å². The molecule has 0 saturated carbocycles. The number of rotatable bonds is 18. The maximum Gasteiger partial charge on any atom is 0.261 e. The first kappa shape index (κ1) is 45.7. The minimum absolute atomic E-state index is 0.0137. The summed E-state index contributed by atoms with van der Waals surface area (Å²) in [6.07, 6.45) is 8.63. The van der Waals surface area contributed by atoms with Crippen molar-refractivity contribution >= 4 is 74.5 Å². The molecule has 0 saturated heterocycles. The Hall–Kier alpha value is -7.10. The van der Waals surface area contributed by atoms with E-state index in [9.17, 15) is 14.4 Å². The Morgan fingerprint density at radius 3 is 1.99 bits per heavy atom. The van der Waals surface area contributed by atoms with Gasteiger partial charge < -0.3 is 24.3 Å². The number of methoxy groups -OCH3 is 1. The van der Waals surface area contributed by atoms with Crippen molar-refractivity contribution in [1.82, 2.24) is 10.3 Å². The third-order valence-electron chi connectivity index (χ3n) is 12.4. The number of aryl methyl sites for hydroxylation is 1. The molecule has 0 spiro atoms. The number of fused-ring (bicyclic) bond motifs is 8. The van der Waals surface area contributed by atoms with Crippen LogP contribution in [0.5, 0.6) is 23.0 Å². The summed E-state index contributed by atoms with van der Waals surface area (Å²) in [6.45, 7) is 3.26. The summed E-state index contributed by atoms with van der Waals surface area (Å²) in [4.78, 5) is 58.1. The molecule has 6 aromatic rings. The molecule has 4 aliphatic rings. The predicted octanol–water partition coefficient (Wildman–Crippen LogP) is 10.2. The van der Waals surface area contributed by atoms with Gasteiger partial charge in [-0.3, -0.25) is 34.2 Å². The number of para-hydroxylation sites is 2. The van der Waals surface area contributed by atoms with Gasteiger partial charge >= 0.3 is 0 Å². The largest absolute Gasteiger partial charge is 0.494 e. The summed E-state index contributed by atoms with van der Waals surface area (Å²) in [5.41, 5.74) is 8.56. The third kappa shape index (κ3) is 10.1. The molecular weight excluding hydrogens is 909 g/mol. The lowest BCUT2D eigenvalue weighted by Crippen LogP contribution is -2.37. The normalized spacial score (nSPS) is 16.1. The molecule has 4 aliphatic heterocycles. The molecule has 0 fully saturated rings. The summed E-state index contributed by atoms with van der Waals surface area (Å²) < 4.78 is 25.0. The fourth-order valence-corrected chi connectivity index (χ4v) is 10.9. The van der Waals surface area contributed by atoms with Gasteiger partial charge in [-0.1, -0.05) is 53.3 Å². The first-order valence-corrected chi connectivity index (χ1v) is 25.4. The fourth-order valence-electron chi connectivity index (χ4n) is 9.09. The molecule has 1 N–H and O–H groups in total. The van der Waals surface area contributed by atoms with E-state index in [1.165, 1.54) is 0 Å². The number of nitrogens with zero attached hydrogens (tertiary/aromatic N) is 5. The second kappa shape index (κ2) is 20.6. The maximum atomic E-state index is 14.0. The first-order chi connectivity index (χ1) is 33.8. The molecule has 10 rings (SSSR count). The lowest BCUT2D eigenvalue weighted by Gasteiger charge is -2.22. The Kier molecular flexibility index (Phi) is 13.7. The van der Waals surface area contributed by atoms with Crippen LogP contribution in [0.2, 0.25) is 0 Å². The molecule has 0 radical (unpaired) electrons. The highest BCUT2D eigenvalue weighted by molar-refractivity contribution is 8.76. The number of pyridine rings is 1. The van der Waals surface area contributed by atoms with Crippen LogP contribution in [-0.2, 0) is 30.8 Å². The molecule has 1 aromatic heterocycles. The number of unbranched alkanes of at least 4 members (excludes halogenated alkanes) is 1. The van der Waals surface area contributed by atoms with E-state index in [-0.39, 0.29) is 43.0 Å². The summed E-state index contributed by atoms with van der Waals surface area (Å²) in [5, 5.41) is 3.95. The van der Waals surface area contributed by atoms with Crippen molar-refractivity contribution < 1.29 is 33.3 Å². The number of nitrogens with one attached hydrogen (secondary N) is 1. The third-order valence-corrected chi connectivity index (χ3v) is 14.7. The summed E-state index contributed by atoms with van der Waals surface area (Å²) in [7, 11) is 4.81. The van der Waals surface area contributed by atoms with E-state index in [1.54, 1.807) is 47.0 Å². The molecule has 5 heterocycles. The maximum absolute atomic E-state index is 14.0. The molecule has 69 heavy (non-hydrogen) atoms. The summed E-state index contributed by atoms with van der Waals surface area (Å²) in [6, 6.07) is 34.5. The molecule has 13 nitrogen and oxygen atoms in total. The molecule has 0 unspecified atom stereocenters. The summed E-state index contributed by atoms with van der Waals surface area (Å²) in [5.74, 6) is 2.66. The molecule has 5 aromatic carbocycles. The van der Waals surface area contributed by atoms with Gasteiger partial charge in [-0.05, 0) is 113 Å². The van der Waals surface area contributed by atoms with Gasteiger partial charge in [-0.25, -0.2) is 4.98 Å². The van der Waals surface area contributed by atoms with Gasteiger partial charge in [0.2, 0.25) is 5.91 Å². The van der Waals surface area contributed by atoms with Crippen molar-refractivity contribution in [1.29, 1.82) is 0 Å². The van der Waals surface area contributed by atoms with Crippen molar-refractivity contribution in [3.63, 3.8) is 0 Å². The van der Waals surface area contributed by atoms with Crippen LogP contribution in [-0.4, -0.2) is 73.2 Å². The fraction of sp³-hybridized carbons (Fsp3) is 0.259. The number of hydrogen-bond donors (Lipinski definition) is 1.